The summed E-state index contributed by atoms with van der Waals surface area (Å²) in [7, 11) is 3.19. The van der Waals surface area contributed by atoms with Crippen molar-refractivity contribution in [2.45, 2.75) is 32.7 Å². The highest BCUT2D eigenvalue weighted by Gasteiger charge is 2.24. The molecular formula is C18H21NO4. The molecule has 0 saturated heterocycles. The summed E-state index contributed by atoms with van der Waals surface area (Å²) < 4.78 is 12.4. The maximum absolute atomic E-state index is 12.7. The van der Waals surface area contributed by atoms with Crippen LogP contribution >= 0.6 is 0 Å². The van der Waals surface area contributed by atoms with Crippen LogP contribution in [0.25, 0.3) is 11.3 Å². The minimum Gasteiger partial charge on any atom is -0.507 e. The summed E-state index contributed by atoms with van der Waals surface area (Å²) in [5.74, 6) is 1.32. The van der Waals surface area contributed by atoms with E-state index < -0.39 is 0 Å². The zero-order valence-electron chi connectivity index (χ0n) is 13.8. The molecular weight excluding hydrogens is 294 g/mol. The van der Waals surface area contributed by atoms with Crippen LogP contribution in [0.1, 0.15) is 30.9 Å². The molecule has 0 aliphatic carbocycles. The Hall–Kier alpha value is -2.43. The van der Waals surface area contributed by atoms with Crippen LogP contribution in [0.2, 0.25) is 0 Å². The lowest BCUT2D eigenvalue weighted by atomic mass is 9.94. The number of pyridine rings is 1. The minimum atomic E-state index is -0.115. The summed E-state index contributed by atoms with van der Waals surface area (Å²) in [4.78, 5) is 12.7. The van der Waals surface area contributed by atoms with Gasteiger partial charge in [-0.2, -0.15) is 0 Å². The summed E-state index contributed by atoms with van der Waals surface area (Å²) in [5, 5.41) is 10.3. The molecule has 2 aromatic rings. The molecule has 0 radical (unpaired) electrons. The van der Waals surface area contributed by atoms with Gasteiger partial charge in [0.1, 0.15) is 5.75 Å². The number of nitrogens with zero attached hydrogens (tertiary/aromatic N) is 1. The number of aryl methyl sites for hydroxylation is 1. The molecule has 122 valence electrons. The quantitative estimate of drug-likeness (QED) is 0.946. The van der Waals surface area contributed by atoms with E-state index in [9.17, 15) is 9.90 Å². The van der Waals surface area contributed by atoms with Crippen molar-refractivity contribution in [2.75, 3.05) is 14.2 Å². The number of aromatic hydroxyl groups is 1. The first-order chi connectivity index (χ1) is 11.0. The van der Waals surface area contributed by atoms with Crippen LogP contribution in [0.15, 0.2) is 23.0 Å². The summed E-state index contributed by atoms with van der Waals surface area (Å²) in [6.07, 6.45) is 0.741. The zero-order chi connectivity index (χ0) is 16.7. The fourth-order valence-corrected chi connectivity index (χ4v) is 3.24. The van der Waals surface area contributed by atoms with Gasteiger partial charge in [-0.3, -0.25) is 4.79 Å². The highest BCUT2D eigenvalue weighted by molar-refractivity contribution is 5.71. The third-order valence-corrected chi connectivity index (χ3v) is 4.38. The van der Waals surface area contributed by atoms with Crippen molar-refractivity contribution in [2.24, 2.45) is 0 Å². The standard InChI is InChI=1S/C18H21NO4/c1-10(2)17-14(20)9-13-12-8-16(23-4)15(22-3)7-11(12)5-6-19(13)18(17)21/h7-10,20H,5-6H2,1-4H3. The van der Waals surface area contributed by atoms with Crippen LogP contribution in [0, 0.1) is 0 Å². The van der Waals surface area contributed by atoms with Gasteiger partial charge in [0, 0.05) is 18.2 Å². The topological polar surface area (TPSA) is 60.7 Å². The molecule has 1 aromatic carbocycles. The first-order valence-corrected chi connectivity index (χ1v) is 7.69. The van der Waals surface area contributed by atoms with Crippen LogP contribution in [0.5, 0.6) is 17.2 Å². The van der Waals surface area contributed by atoms with Crippen LogP contribution in [0.3, 0.4) is 0 Å². The van der Waals surface area contributed by atoms with Gasteiger partial charge in [-0.1, -0.05) is 13.8 Å². The van der Waals surface area contributed by atoms with Gasteiger partial charge in [-0.05, 0) is 30.0 Å². The van der Waals surface area contributed by atoms with E-state index in [0.29, 0.717) is 23.6 Å². The van der Waals surface area contributed by atoms with E-state index in [-0.39, 0.29) is 17.2 Å². The Morgan fingerprint density at radius 1 is 1.13 bits per heavy atom. The molecule has 3 rings (SSSR count). The van der Waals surface area contributed by atoms with Crippen molar-refractivity contribution < 1.29 is 14.6 Å². The van der Waals surface area contributed by atoms with Gasteiger partial charge in [-0.15, -0.1) is 0 Å². The average Bonchev–Trinajstić information content (AvgIpc) is 2.52. The second-order valence-electron chi connectivity index (χ2n) is 6.05. The van der Waals surface area contributed by atoms with Gasteiger partial charge < -0.3 is 19.1 Å². The maximum Gasteiger partial charge on any atom is 0.258 e. The summed E-state index contributed by atoms with van der Waals surface area (Å²) in [6, 6.07) is 5.49. The smallest absolute Gasteiger partial charge is 0.258 e. The van der Waals surface area contributed by atoms with E-state index in [2.05, 4.69) is 0 Å². The lowest BCUT2D eigenvalue weighted by Gasteiger charge is -2.25. The number of hydrogen-bond acceptors (Lipinski definition) is 4. The molecule has 2 heterocycles. The van der Waals surface area contributed by atoms with Crippen molar-refractivity contribution in [3.8, 4) is 28.5 Å². The molecule has 23 heavy (non-hydrogen) atoms. The predicted molar refractivity (Wildman–Crippen MR) is 88.7 cm³/mol. The van der Waals surface area contributed by atoms with E-state index in [1.54, 1.807) is 24.9 Å². The van der Waals surface area contributed by atoms with Crippen molar-refractivity contribution in [1.82, 2.24) is 4.57 Å². The van der Waals surface area contributed by atoms with Crippen molar-refractivity contribution in [3.63, 3.8) is 0 Å². The van der Waals surface area contributed by atoms with E-state index in [0.717, 1.165) is 23.2 Å². The average molecular weight is 315 g/mol. The Kier molecular flexibility index (Phi) is 3.80. The van der Waals surface area contributed by atoms with Gasteiger partial charge in [0.25, 0.3) is 5.56 Å². The van der Waals surface area contributed by atoms with E-state index >= 15 is 0 Å². The highest BCUT2D eigenvalue weighted by Crippen LogP contribution is 2.39. The van der Waals surface area contributed by atoms with Gasteiger partial charge in [0.05, 0.1) is 25.5 Å². The second kappa shape index (κ2) is 5.65. The van der Waals surface area contributed by atoms with Crippen LogP contribution < -0.4 is 15.0 Å². The maximum atomic E-state index is 12.7. The predicted octanol–water partition coefficient (Wildman–Crippen LogP) is 2.92. The van der Waals surface area contributed by atoms with Gasteiger partial charge in [-0.25, -0.2) is 0 Å². The fourth-order valence-electron chi connectivity index (χ4n) is 3.24. The van der Waals surface area contributed by atoms with Crippen LogP contribution in [-0.4, -0.2) is 23.9 Å². The van der Waals surface area contributed by atoms with Crippen LogP contribution in [0.4, 0.5) is 0 Å². The summed E-state index contributed by atoms with van der Waals surface area (Å²) in [6.45, 7) is 4.42. The molecule has 0 bridgehead atoms. The molecule has 0 atom stereocenters. The molecule has 0 saturated carbocycles. The zero-order valence-corrected chi connectivity index (χ0v) is 13.8. The normalized spacial score (nSPS) is 12.7. The largest absolute Gasteiger partial charge is 0.507 e. The van der Waals surface area contributed by atoms with Crippen molar-refractivity contribution in [3.05, 3.63) is 39.7 Å². The minimum absolute atomic E-state index is 0.0212. The van der Waals surface area contributed by atoms with Gasteiger partial charge in [0.2, 0.25) is 0 Å². The number of methoxy groups -OCH3 is 2. The molecule has 1 aliphatic rings. The molecule has 5 nitrogen and oxygen atoms in total. The van der Waals surface area contributed by atoms with Gasteiger partial charge >= 0.3 is 0 Å². The third kappa shape index (κ3) is 2.36. The first kappa shape index (κ1) is 15.5. The second-order valence-corrected chi connectivity index (χ2v) is 6.05. The number of fused-ring (bicyclic) bond motifs is 3. The Morgan fingerprint density at radius 3 is 2.39 bits per heavy atom. The lowest BCUT2D eigenvalue weighted by Crippen LogP contribution is -2.29. The van der Waals surface area contributed by atoms with Gasteiger partial charge in [0.15, 0.2) is 11.5 Å². The van der Waals surface area contributed by atoms with E-state index in [1.807, 2.05) is 26.0 Å². The van der Waals surface area contributed by atoms with Crippen molar-refractivity contribution >= 4 is 0 Å². The summed E-state index contributed by atoms with van der Waals surface area (Å²) >= 11 is 0. The Labute approximate surface area is 135 Å². The molecule has 1 N–H and O–H groups in total. The fraction of sp³-hybridized carbons (Fsp3) is 0.389. The lowest BCUT2D eigenvalue weighted by molar-refractivity contribution is 0.354. The van der Waals surface area contributed by atoms with Crippen LogP contribution in [-0.2, 0) is 13.0 Å². The molecule has 5 heteroatoms. The number of aromatic nitrogens is 1. The molecule has 0 spiro atoms. The third-order valence-electron chi connectivity index (χ3n) is 4.38. The van der Waals surface area contributed by atoms with E-state index in [4.69, 9.17) is 9.47 Å². The summed E-state index contributed by atoms with van der Waals surface area (Å²) in [5.41, 5.74) is 3.06. The molecule has 1 aromatic heterocycles. The number of rotatable bonds is 3. The SMILES string of the molecule is COc1cc2c(cc1OC)-c1cc(O)c(C(C)C)c(=O)n1CC2. The highest BCUT2D eigenvalue weighted by atomic mass is 16.5. The Morgan fingerprint density at radius 2 is 1.78 bits per heavy atom. The van der Waals surface area contributed by atoms with E-state index in [1.165, 1.54) is 0 Å². The monoisotopic (exact) mass is 315 g/mol. The molecule has 0 unspecified atom stereocenters. The molecule has 0 amide bonds. The number of benzene rings is 1. The molecule has 1 aliphatic heterocycles. The Bertz CT molecular complexity index is 821. The number of hydrogen-bond donors (Lipinski definition) is 1. The van der Waals surface area contributed by atoms with Crippen molar-refractivity contribution in [1.29, 1.82) is 0 Å². The number of ether oxygens (including phenoxy) is 2. The molecule has 0 fully saturated rings. The Balaban J connectivity index is 2.28. The first-order valence-electron chi connectivity index (χ1n) is 7.69.